The second kappa shape index (κ2) is 4.89. The molecule has 1 unspecified atom stereocenters. The molecule has 0 aliphatic carbocycles. The number of nitrogens with zero attached hydrogens (tertiary/aromatic N) is 2. The third-order valence-electron chi connectivity index (χ3n) is 1.95. The molecule has 2 aromatic rings. The van der Waals surface area contributed by atoms with Gasteiger partial charge in [0.25, 0.3) is 0 Å². The van der Waals surface area contributed by atoms with Gasteiger partial charge in [0.2, 0.25) is 5.89 Å². The Morgan fingerprint density at radius 1 is 1.41 bits per heavy atom. The van der Waals surface area contributed by atoms with Crippen molar-refractivity contribution >= 4 is 34.9 Å². The lowest BCUT2D eigenvalue weighted by atomic mass is 10.3. The van der Waals surface area contributed by atoms with Crippen LogP contribution in [-0.2, 0) is 0 Å². The molecule has 1 atom stereocenters. The minimum atomic E-state index is -0.488. The van der Waals surface area contributed by atoms with E-state index in [1.165, 1.54) is 18.2 Å². The molecule has 1 aromatic carbocycles. The van der Waals surface area contributed by atoms with Gasteiger partial charge >= 0.3 is 6.01 Å². The lowest BCUT2D eigenvalue weighted by Gasteiger charge is -2.02. The second-order valence-electron chi connectivity index (χ2n) is 3.32. The van der Waals surface area contributed by atoms with E-state index in [0.717, 1.165) is 0 Å². The van der Waals surface area contributed by atoms with Crippen molar-refractivity contribution in [3.8, 4) is 0 Å². The maximum atomic E-state index is 12.9. The maximum absolute atomic E-state index is 12.9. The van der Waals surface area contributed by atoms with Crippen molar-refractivity contribution in [1.29, 1.82) is 0 Å². The van der Waals surface area contributed by atoms with Crippen LogP contribution in [0.5, 0.6) is 0 Å². The largest absolute Gasteiger partial charge is 0.406 e. The number of alkyl halides is 1. The van der Waals surface area contributed by atoms with Crippen molar-refractivity contribution < 1.29 is 8.81 Å². The molecule has 1 heterocycles. The fraction of sp³-hybridized carbons (Fsp3) is 0.200. The van der Waals surface area contributed by atoms with Gasteiger partial charge in [-0.15, -0.1) is 16.7 Å². The van der Waals surface area contributed by atoms with Gasteiger partial charge in [0.05, 0.1) is 5.02 Å². The summed E-state index contributed by atoms with van der Waals surface area (Å²) in [6.07, 6.45) is 0. The predicted octanol–water partition coefficient (Wildman–Crippen LogP) is 3.91. The van der Waals surface area contributed by atoms with Gasteiger partial charge in [-0.2, -0.15) is 0 Å². The SMILES string of the molecule is CC(Cl)c1nnc(Nc2ccc(F)c(Cl)c2)o1. The number of anilines is 2. The topological polar surface area (TPSA) is 51.0 Å². The molecule has 4 nitrogen and oxygen atoms in total. The van der Waals surface area contributed by atoms with Gasteiger partial charge in [0.1, 0.15) is 11.2 Å². The van der Waals surface area contributed by atoms with E-state index in [0.29, 0.717) is 11.6 Å². The van der Waals surface area contributed by atoms with Crippen molar-refractivity contribution in [3.05, 3.63) is 34.9 Å². The van der Waals surface area contributed by atoms with Crippen molar-refractivity contribution in [2.24, 2.45) is 0 Å². The summed E-state index contributed by atoms with van der Waals surface area (Å²) in [5.41, 5.74) is 0.550. The monoisotopic (exact) mass is 275 g/mol. The van der Waals surface area contributed by atoms with E-state index in [1.807, 2.05) is 0 Å². The van der Waals surface area contributed by atoms with Crippen LogP contribution in [-0.4, -0.2) is 10.2 Å². The predicted molar refractivity (Wildman–Crippen MR) is 63.3 cm³/mol. The molecular weight excluding hydrogens is 268 g/mol. The maximum Gasteiger partial charge on any atom is 0.320 e. The third kappa shape index (κ3) is 2.87. The van der Waals surface area contributed by atoms with Gasteiger partial charge in [-0.3, -0.25) is 0 Å². The molecule has 0 aliphatic rings. The van der Waals surface area contributed by atoms with Crippen molar-refractivity contribution in [1.82, 2.24) is 10.2 Å². The van der Waals surface area contributed by atoms with E-state index in [9.17, 15) is 4.39 Å². The summed E-state index contributed by atoms with van der Waals surface area (Å²) in [6.45, 7) is 1.72. The van der Waals surface area contributed by atoms with Crippen LogP contribution in [0.15, 0.2) is 22.6 Å². The van der Waals surface area contributed by atoms with E-state index in [4.69, 9.17) is 27.6 Å². The Bertz CT molecular complexity index is 530. The molecule has 0 saturated carbocycles. The summed E-state index contributed by atoms with van der Waals surface area (Å²) in [5.74, 6) is -0.180. The molecule has 7 heteroatoms. The second-order valence-corrected chi connectivity index (χ2v) is 4.38. The Balaban J connectivity index is 2.16. The molecule has 0 aliphatic heterocycles. The standard InChI is InChI=1S/C10H8Cl2FN3O/c1-5(11)9-15-16-10(17-9)14-6-2-3-8(13)7(12)4-6/h2-5H,1H3,(H,14,16). The van der Waals surface area contributed by atoms with Crippen molar-refractivity contribution in [2.75, 3.05) is 5.32 Å². The molecule has 1 aromatic heterocycles. The lowest BCUT2D eigenvalue weighted by molar-refractivity contribution is 0.510. The van der Waals surface area contributed by atoms with Crippen LogP contribution in [0.2, 0.25) is 5.02 Å². The first-order valence-corrected chi connectivity index (χ1v) is 5.57. The number of nitrogens with one attached hydrogen (secondary N) is 1. The summed E-state index contributed by atoms with van der Waals surface area (Å²) in [5, 5.41) is 9.92. The molecule has 2 rings (SSSR count). The highest BCUT2D eigenvalue weighted by Crippen LogP contribution is 2.24. The zero-order valence-corrected chi connectivity index (χ0v) is 10.3. The van der Waals surface area contributed by atoms with Crippen molar-refractivity contribution in [3.63, 3.8) is 0 Å². The normalized spacial score (nSPS) is 12.5. The molecule has 90 valence electrons. The van der Waals surface area contributed by atoms with E-state index >= 15 is 0 Å². The van der Waals surface area contributed by atoms with Gasteiger partial charge in [-0.25, -0.2) is 4.39 Å². The first-order valence-electron chi connectivity index (χ1n) is 4.76. The van der Waals surface area contributed by atoms with Crippen LogP contribution >= 0.6 is 23.2 Å². The van der Waals surface area contributed by atoms with Crippen LogP contribution in [0, 0.1) is 5.82 Å². The molecular formula is C10H8Cl2FN3O. The minimum Gasteiger partial charge on any atom is -0.406 e. The highest BCUT2D eigenvalue weighted by atomic mass is 35.5. The Kier molecular flexibility index (Phi) is 3.49. The summed E-state index contributed by atoms with van der Waals surface area (Å²) >= 11 is 11.4. The summed E-state index contributed by atoms with van der Waals surface area (Å²) in [4.78, 5) is 0. The molecule has 0 saturated heterocycles. The van der Waals surface area contributed by atoms with Crippen LogP contribution in [0.1, 0.15) is 18.2 Å². The summed E-state index contributed by atoms with van der Waals surface area (Å²) in [7, 11) is 0. The van der Waals surface area contributed by atoms with Gasteiger partial charge in [-0.1, -0.05) is 16.7 Å². The van der Waals surface area contributed by atoms with Crippen LogP contribution in [0.25, 0.3) is 0 Å². The Morgan fingerprint density at radius 3 is 2.76 bits per heavy atom. The number of rotatable bonds is 3. The number of aromatic nitrogens is 2. The zero-order valence-electron chi connectivity index (χ0n) is 8.75. The highest BCUT2D eigenvalue weighted by Gasteiger charge is 2.11. The Morgan fingerprint density at radius 2 is 2.18 bits per heavy atom. The Hall–Kier alpha value is -1.33. The first kappa shape index (κ1) is 12.1. The lowest BCUT2D eigenvalue weighted by Crippen LogP contribution is -1.91. The van der Waals surface area contributed by atoms with Gasteiger partial charge < -0.3 is 9.73 Å². The number of halogens is 3. The fourth-order valence-electron chi connectivity index (χ4n) is 1.14. The number of hydrogen-bond acceptors (Lipinski definition) is 4. The molecule has 0 fully saturated rings. The van der Waals surface area contributed by atoms with Crippen LogP contribution in [0.4, 0.5) is 16.1 Å². The number of hydrogen-bond donors (Lipinski definition) is 1. The third-order valence-corrected chi connectivity index (χ3v) is 2.43. The molecule has 0 radical (unpaired) electrons. The van der Waals surface area contributed by atoms with E-state index in [-0.39, 0.29) is 16.4 Å². The van der Waals surface area contributed by atoms with Gasteiger partial charge in [-0.05, 0) is 25.1 Å². The molecule has 1 N–H and O–H groups in total. The Labute approximate surface area is 107 Å². The van der Waals surface area contributed by atoms with Crippen molar-refractivity contribution in [2.45, 2.75) is 12.3 Å². The first-order chi connectivity index (χ1) is 8.06. The molecule has 0 amide bonds. The number of benzene rings is 1. The zero-order chi connectivity index (χ0) is 12.4. The average Bonchev–Trinajstić information content (AvgIpc) is 2.72. The van der Waals surface area contributed by atoms with Crippen LogP contribution < -0.4 is 5.32 Å². The quantitative estimate of drug-likeness (QED) is 0.863. The highest BCUT2D eigenvalue weighted by molar-refractivity contribution is 6.31. The van der Waals surface area contributed by atoms with Crippen LogP contribution in [0.3, 0.4) is 0 Å². The van der Waals surface area contributed by atoms with Gasteiger partial charge in [0, 0.05) is 5.69 Å². The average molecular weight is 276 g/mol. The molecule has 0 spiro atoms. The van der Waals surface area contributed by atoms with E-state index in [2.05, 4.69) is 15.5 Å². The summed E-state index contributed by atoms with van der Waals surface area (Å²) in [6, 6.07) is 4.35. The fourth-order valence-corrected chi connectivity index (χ4v) is 1.41. The van der Waals surface area contributed by atoms with E-state index < -0.39 is 5.82 Å². The molecule has 17 heavy (non-hydrogen) atoms. The van der Waals surface area contributed by atoms with E-state index in [1.54, 1.807) is 6.92 Å². The smallest absolute Gasteiger partial charge is 0.320 e. The minimum absolute atomic E-state index is 0.0143. The molecule has 0 bridgehead atoms. The summed E-state index contributed by atoms with van der Waals surface area (Å²) < 4.78 is 18.1. The van der Waals surface area contributed by atoms with Gasteiger partial charge in [0.15, 0.2) is 0 Å².